The second-order valence-corrected chi connectivity index (χ2v) is 5.27. The first-order valence-electron chi connectivity index (χ1n) is 7.44. The third kappa shape index (κ3) is 5.00. The first-order chi connectivity index (χ1) is 11.3. The Bertz CT molecular complexity index is 694. The van der Waals surface area contributed by atoms with E-state index in [0.29, 0.717) is 11.3 Å². The highest BCUT2D eigenvalue weighted by Gasteiger charge is 2.30. The Morgan fingerprint density at radius 2 is 1.96 bits per heavy atom. The number of nitrogens with zero attached hydrogens (tertiary/aromatic N) is 2. The van der Waals surface area contributed by atoms with Crippen molar-refractivity contribution in [2.24, 2.45) is 7.05 Å². The smallest absolute Gasteiger partial charge is 0.406 e. The molecule has 0 bridgehead atoms. The highest BCUT2D eigenvalue weighted by atomic mass is 19.4. The van der Waals surface area contributed by atoms with Gasteiger partial charge in [-0.05, 0) is 30.2 Å². The number of alkyl halides is 3. The zero-order valence-electron chi connectivity index (χ0n) is 13.4. The fraction of sp³-hybridized carbons (Fsp3) is 0.375. The second kappa shape index (κ2) is 7.37. The zero-order valence-corrected chi connectivity index (χ0v) is 13.4. The fourth-order valence-electron chi connectivity index (χ4n) is 2.20. The molecule has 8 heteroatoms. The molecule has 0 aliphatic carbocycles. The number of hydrogen-bond donors (Lipinski definition) is 1. The Labute approximate surface area is 137 Å². The van der Waals surface area contributed by atoms with Gasteiger partial charge in [0.15, 0.2) is 0 Å². The van der Waals surface area contributed by atoms with Crippen molar-refractivity contribution in [2.75, 3.05) is 0 Å². The van der Waals surface area contributed by atoms with E-state index in [0.717, 1.165) is 18.5 Å². The molecule has 0 spiro atoms. The monoisotopic (exact) mass is 341 g/mol. The number of amides is 1. The van der Waals surface area contributed by atoms with Gasteiger partial charge in [0, 0.05) is 13.6 Å². The van der Waals surface area contributed by atoms with Crippen molar-refractivity contribution in [1.82, 2.24) is 15.1 Å². The number of rotatable bonds is 6. The topological polar surface area (TPSA) is 56.1 Å². The minimum atomic E-state index is -4.72. The molecule has 0 aliphatic rings. The summed E-state index contributed by atoms with van der Waals surface area (Å²) in [6, 6.07) is 7.08. The molecule has 0 radical (unpaired) electrons. The van der Waals surface area contributed by atoms with E-state index in [1.165, 1.54) is 28.9 Å². The number of ether oxygens (including phenoxy) is 1. The number of nitrogens with one attached hydrogen (secondary N) is 1. The quantitative estimate of drug-likeness (QED) is 0.878. The van der Waals surface area contributed by atoms with Gasteiger partial charge in [-0.2, -0.15) is 5.10 Å². The van der Waals surface area contributed by atoms with Gasteiger partial charge >= 0.3 is 6.36 Å². The summed E-state index contributed by atoms with van der Waals surface area (Å²) in [5.41, 5.74) is 1.95. The standard InChI is InChI=1S/C16H18F3N3O2/c1-3-4-12-9-14(22(2)21-12)15(23)20-10-11-5-7-13(8-6-11)24-16(17,18)19/h5-9H,3-4,10H2,1-2H3,(H,20,23). The van der Waals surface area contributed by atoms with Gasteiger partial charge in [0.05, 0.1) is 5.69 Å². The molecule has 0 saturated carbocycles. The van der Waals surface area contributed by atoms with E-state index < -0.39 is 6.36 Å². The predicted octanol–water partition coefficient (Wildman–Crippen LogP) is 3.20. The van der Waals surface area contributed by atoms with E-state index >= 15 is 0 Å². The van der Waals surface area contributed by atoms with Gasteiger partial charge < -0.3 is 10.1 Å². The highest BCUT2D eigenvalue weighted by Crippen LogP contribution is 2.22. The lowest BCUT2D eigenvalue weighted by Crippen LogP contribution is -2.25. The van der Waals surface area contributed by atoms with E-state index in [1.807, 2.05) is 6.92 Å². The number of aromatic nitrogens is 2. The van der Waals surface area contributed by atoms with Gasteiger partial charge in [-0.1, -0.05) is 25.5 Å². The summed E-state index contributed by atoms with van der Waals surface area (Å²) < 4.78 is 41.6. The van der Waals surface area contributed by atoms with Crippen molar-refractivity contribution in [1.29, 1.82) is 0 Å². The van der Waals surface area contributed by atoms with Crippen LogP contribution in [-0.4, -0.2) is 22.1 Å². The van der Waals surface area contributed by atoms with Crippen molar-refractivity contribution in [3.05, 3.63) is 47.3 Å². The van der Waals surface area contributed by atoms with Crippen molar-refractivity contribution in [2.45, 2.75) is 32.7 Å². The van der Waals surface area contributed by atoms with Crippen LogP contribution >= 0.6 is 0 Å². The van der Waals surface area contributed by atoms with Crippen LogP contribution in [0.1, 0.15) is 35.1 Å². The summed E-state index contributed by atoms with van der Waals surface area (Å²) in [6.07, 6.45) is -2.99. The Kier molecular flexibility index (Phi) is 5.48. The molecular formula is C16H18F3N3O2. The molecule has 24 heavy (non-hydrogen) atoms. The normalized spacial score (nSPS) is 11.4. The van der Waals surface area contributed by atoms with Crippen molar-refractivity contribution >= 4 is 5.91 Å². The molecule has 2 rings (SSSR count). The molecule has 5 nitrogen and oxygen atoms in total. The van der Waals surface area contributed by atoms with Gasteiger partial charge in [-0.25, -0.2) is 0 Å². The molecule has 1 N–H and O–H groups in total. The van der Waals surface area contributed by atoms with Crippen molar-refractivity contribution in [3.8, 4) is 5.75 Å². The molecule has 2 aromatic rings. The molecule has 1 aromatic heterocycles. The fourth-order valence-corrected chi connectivity index (χ4v) is 2.20. The van der Waals surface area contributed by atoms with E-state index in [2.05, 4.69) is 15.2 Å². The molecule has 0 saturated heterocycles. The molecule has 0 atom stereocenters. The lowest BCUT2D eigenvalue weighted by atomic mass is 10.2. The lowest BCUT2D eigenvalue weighted by Gasteiger charge is -2.09. The van der Waals surface area contributed by atoms with E-state index in [9.17, 15) is 18.0 Å². The molecule has 0 aliphatic heterocycles. The lowest BCUT2D eigenvalue weighted by molar-refractivity contribution is -0.274. The Morgan fingerprint density at radius 3 is 2.54 bits per heavy atom. The number of carbonyl (C=O) groups is 1. The largest absolute Gasteiger partial charge is 0.573 e. The van der Waals surface area contributed by atoms with Crippen LogP contribution < -0.4 is 10.1 Å². The van der Waals surface area contributed by atoms with Gasteiger partial charge in [-0.3, -0.25) is 9.48 Å². The summed E-state index contributed by atoms with van der Waals surface area (Å²) in [5, 5.41) is 6.97. The summed E-state index contributed by atoms with van der Waals surface area (Å²) in [5.74, 6) is -0.587. The molecule has 130 valence electrons. The third-order valence-electron chi connectivity index (χ3n) is 3.28. The summed E-state index contributed by atoms with van der Waals surface area (Å²) >= 11 is 0. The van der Waals surface area contributed by atoms with Crippen LogP contribution in [0.4, 0.5) is 13.2 Å². The molecule has 0 fully saturated rings. The first-order valence-corrected chi connectivity index (χ1v) is 7.44. The highest BCUT2D eigenvalue weighted by molar-refractivity contribution is 5.92. The Hall–Kier alpha value is -2.51. The van der Waals surface area contributed by atoms with Gasteiger partial charge in [0.2, 0.25) is 0 Å². The SMILES string of the molecule is CCCc1cc(C(=O)NCc2ccc(OC(F)(F)F)cc2)n(C)n1. The number of halogens is 3. The molecule has 0 unspecified atom stereocenters. The maximum atomic E-state index is 12.2. The zero-order chi connectivity index (χ0) is 17.7. The number of carbonyl (C=O) groups excluding carboxylic acids is 1. The molecule has 1 heterocycles. The third-order valence-corrected chi connectivity index (χ3v) is 3.28. The molecule has 1 aromatic carbocycles. The van der Waals surface area contributed by atoms with Gasteiger partial charge in [0.1, 0.15) is 11.4 Å². The summed E-state index contributed by atoms with van der Waals surface area (Å²) in [7, 11) is 1.69. The van der Waals surface area contributed by atoms with Crippen LogP contribution in [-0.2, 0) is 20.0 Å². The van der Waals surface area contributed by atoms with Crippen LogP contribution in [0.15, 0.2) is 30.3 Å². The Balaban J connectivity index is 1.94. The van der Waals surface area contributed by atoms with Crippen LogP contribution in [0.3, 0.4) is 0 Å². The molecule has 1 amide bonds. The van der Waals surface area contributed by atoms with Crippen LogP contribution in [0, 0.1) is 0 Å². The first kappa shape index (κ1) is 17.8. The maximum absolute atomic E-state index is 12.2. The number of aryl methyl sites for hydroxylation is 2. The number of benzene rings is 1. The maximum Gasteiger partial charge on any atom is 0.573 e. The van der Waals surface area contributed by atoms with Gasteiger partial charge in [-0.15, -0.1) is 13.2 Å². The van der Waals surface area contributed by atoms with Crippen molar-refractivity contribution in [3.63, 3.8) is 0 Å². The van der Waals surface area contributed by atoms with Crippen molar-refractivity contribution < 1.29 is 22.7 Å². The van der Waals surface area contributed by atoms with Crippen LogP contribution in [0.25, 0.3) is 0 Å². The average Bonchev–Trinajstić information content (AvgIpc) is 2.86. The average molecular weight is 341 g/mol. The number of hydrogen-bond acceptors (Lipinski definition) is 3. The Morgan fingerprint density at radius 1 is 1.29 bits per heavy atom. The second-order valence-electron chi connectivity index (χ2n) is 5.27. The van der Waals surface area contributed by atoms with E-state index in [4.69, 9.17) is 0 Å². The molecular weight excluding hydrogens is 323 g/mol. The summed E-state index contributed by atoms with van der Waals surface area (Å²) in [4.78, 5) is 12.2. The van der Waals surface area contributed by atoms with E-state index in [1.54, 1.807) is 13.1 Å². The summed E-state index contributed by atoms with van der Waals surface area (Å²) in [6.45, 7) is 2.22. The van der Waals surface area contributed by atoms with E-state index in [-0.39, 0.29) is 18.2 Å². The van der Waals surface area contributed by atoms with Gasteiger partial charge in [0.25, 0.3) is 5.91 Å². The van der Waals surface area contributed by atoms with Crippen LogP contribution in [0.2, 0.25) is 0 Å². The predicted molar refractivity (Wildman–Crippen MR) is 81.5 cm³/mol. The van der Waals surface area contributed by atoms with Crippen LogP contribution in [0.5, 0.6) is 5.75 Å². The minimum Gasteiger partial charge on any atom is -0.406 e. The minimum absolute atomic E-state index is 0.194.